The Morgan fingerprint density at radius 3 is 2.67 bits per heavy atom. The Morgan fingerprint density at radius 2 is 2.10 bits per heavy atom. The van der Waals surface area contributed by atoms with Crippen LogP contribution in [0.15, 0.2) is 34.5 Å². The van der Waals surface area contributed by atoms with Crippen molar-refractivity contribution in [1.29, 1.82) is 5.26 Å². The molecule has 0 fully saturated rings. The Labute approximate surface area is 125 Å². The van der Waals surface area contributed by atoms with Crippen LogP contribution in [-0.4, -0.2) is 19.5 Å². The van der Waals surface area contributed by atoms with Crippen LogP contribution in [0.25, 0.3) is 0 Å². The molecule has 0 unspecified atom stereocenters. The van der Waals surface area contributed by atoms with Crippen LogP contribution >= 0.6 is 11.3 Å². The number of carbonyl (C=O) groups is 1. The Bertz CT molecular complexity index is 847. The third-order valence-corrected chi connectivity index (χ3v) is 5.00. The number of aryl methyl sites for hydroxylation is 1. The van der Waals surface area contributed by atoms with Crippen molar-refractivity contribution in [3.8, 4) is 6.07 Å². The van der Waals surface area contributed by atoms with Crippen LogP contribution in [0.2, 0.25) is 0 Å². The van der Waals surface area contributed by atoms with Gasteiger partial charge in [0.1, 0.15) is 4.88 Å². The molecule has 0 saturated heterocycles. The molecule has 0 aliphatic carbocycles. The number of benzene rings is 1. The number of nitrogens with one attached hydrogen (secondary N) is 1. The second kappa shape index (κ2) is 5.55. The maximum Gasteiger partial charge on any atom is 0.348 e. The SMILES string of the molecule is Cc1cc(S(=O)(=O)Nc2ccsc2C(=O)O)ccc1C#N. The van der Waals surface area contributed by atoms with Gasteiger partial charge in [-0.3, -0.25) is 4.72 Å². The average Bonchev–Trinajstić information content (AvgIpc) is 2.86. The molecule has 0 spiro atoms. The largest absolute Gasteiger partial charge is 0.477 e. The lowest BCUT2D eigenvalue weighted by Crippen LogP contribution is -2.14. The average molecular weight is 322 g/mol. The van der Waals surface area contributed by atoms with Crippen LogP contribution < -0.4 is 4.72 Å². The summed E-state index contributed by atoms with van der Waals surface area (Å²) in [5.74, 6) is -1.20. The number of sulfonamides is 1. The minimum Gasteiger partial charge on any atom is -0.477 e. The topological polar surface area (TPSA) is 107 Å². The van der Waals surface area contributed by atoms with Gasteiger partial charge >= 0.3 is 5.97 Å². The molecule has 108 valence electrons. The van der Waals surface area contributed by atoms with Gasteiger partial charge in [-0.05, 0) is 42.1 Å². The van der Waals surface area contributed by atoms with Gasteiger partial charge in [-0.15, -0.1) is 11.3 Å². The van der Waals surface area contributed by atoms with Gasteiger partial charge in [-0.25, -0.2) is 13.2 Å². The molecule has 0 saturated carbocycles. The lowest BCUT2D eigenvalue weighted by molar-refractivity contribution is 0.0703. The van der Waals surface area contributed by atoms with Crippen molar-refractivity contribution in [3.63, 3.8) is 0 Å². The first-order chi connectivity index (χ1) is 9.85. The zero-order chi connectivity index (χ0) is 15.6. The third-order valence-electron chi connectivity index (χ3n) is 2.73. The van der Waals surface area contributed by atoms with E-state index in [1.807, 2.05) is 6.07 Å². The number of nitriles is 1. The summed E-state index contributed by atoms with van der Waals surface area (Å²) in [6.45, 7) is 1.63. The standard InChI is InChI=1S/C13H10N2O4S2/c1-8-6-10(3-2-9(8)7-14)21(18,19)15-11-4-5-20-12(11)13(16)17/h2-6,15H,1H3,(H,16,17). The molecule has 21 heavy (non-hydrogen) atoms. The lowest BCUT2D eigenvalue weighted by atomic mass is 10.1. The van der Waals surface area contributed by atoms with E-state index >= 15 is 0 Å². The molecule has 0 aliphatic heterocycles. The predicted octanol–water partition coefficient (Wildman–Crippen LogP) is 2.43. The van der Waals surface area contributed by atoms with Crippen molar-refractivity contribution in [1.82, 2.24) is 0 Å². The highest BCUT2D eigenvalue weighted by atomic mass is 32.2. The minimum absolute atomic E-state index is 0.0227. The summed E-state index contributed by atoms with van der Waals surface area (Å²) in [5.41, 5.74) is 0.939. The Morgan fingerprint density at radius 1 is 1.38 bits per heavy atom. The number of hydrogen-bond donors (Lipinski definition) is 2. The van der Waals surface area contributed by atoms with Crippen LogP contribution in [0.3, 0.4) is 0 Å². The summed E-state index contributed by atoms with van der Waals surface area (Å²) in [6, 6.07) is 7.43. The number of anilines is 1. The number of rotatable bonds is 4. The monoisotopic (exact) mass is 322 g/mol. The van der Waals surface area contributed by atoms with Crippen molar-refractivity contribution in [2.24, 2.45) is 0 Å². The van der Waals surface area contributed by atoms with Crippen molar-refractivity contribution in [2.75, 3.05) is 4.72 Å². The quantitative estimate of drug-likeness (QED) is 0.899. The molecule has 8 heteroatoms. The molecule has 0 radical (unpaired) electrons. The molecule has 0 atom stereocenters. The fourth-order valence-corrected chi connectivity index (χ4v) is 3.60. The summed E-state index contributed by atoms with van der Waals surface area (Å²) in [4.78, 5) is 10.9. The van der Waals surface area contributed by atoms with Crippen molar-refractivity contribution < 1.29 is 18.3 Å². The normalized spacial score (nSPS) is 10.9. The maximum absolute atomic E-state index is 12.2. The van der Waals surface area contributed by atoms with Crippen molar-refractivity contribution >= 4 is 33.0 Å². The minimum atomic E-state index is -3.90. The van der Waals surface area contributed by atoms with Gasteiger partial charge < -0.3 is 5.11 Å². The van der Waals surface area contributed by atoms with E-state index in [1.165, 1.54) is 29.6 Å². The van der Waals surface area contributed by atoms with E-state index in [2.05, 4.69) is 4.72 Å². The zero-order valence-electron chi connectivity index (χ0n) is 10.8. The highest BCUT2D eigenvalue weighted by molar-refractivity contribution is 7.92. The van der Waals surface area contributed by atoms with E-state index in [1.54, 1.807) is 6.92 Å². The van der Waals surface area contributed by atoms with Crippen LogP contribution in [0.1, 0.15) is 20.8 Å². The van der Waals surface area contributed by atoms with Crippen LogP contribution in [0.5, 0.6) is 0 Å². The van der Waals surface area contributed by atoms with Crippen LogP contribution in [-0.2, 0) is 10.0 Å². The number of aromatic carboxylic acids is 1. The van der Waals surface area contributed by atoms with E-state index < -0.39 is 16.0 Å². The summed E-state index contributed by atoms with van der Waals surface area (Å²) in [5, 5.41) is 19.3. The second-order valence-corrected chi connectivity index (χ2v) is 6.76. The highest BCUT2D eigenvalue weighted by Gasteiger charge is 2.20. The number of carboxylic acid groups (broad SMARTS) is 1. The van der Waals surface area contributed by atoms with Gasteiger partial charge in [0, 0.05) is 0 Å². The summed E-state index contributed by atoms with van der Waals surface area (Å²) in [7, 11) is -3.90. The predicted molar refractivity (Wildman–Crippen MR) is 78.0 cm³/mol. The van der Waals surface area contributed by atoms with E-state index in [0.29, 0.717) is 11.1 Å². The smallest absolute Gasteiger partial charge is 0.348 e. The van der Waals surface area contributed by atoms with Gasteiger partial charge in [0.15, 0.2) is 0 Å². The first-order valence-electron chi connectivity index (χ1n) is 5.69. The van der Waals surface area contributed by atoms with Crippen molar-refractivity contribution in [2.45, 2.75) is 11.8 Å². The Hall–Kier alpha value is -2.37. The Balaban J connectivity index is 2.39. The molecular weight excluding hydrogens is 312 g/mol. The Kier molecular flexibility index (Phi) is 3.97. The van der Waals surface area contributed by atoms with Gasteiger partial charge in [-0.2, -0.15) is 5.26 Å². The number of thiophene rings is 1. The van der Waals surface area contributed by atoms with E-state index in [0.717, 1.165) is 11.3 Å². The maximum atomic E-state index is 12.2. The summed E-state index contributed by atoms with van der Waals surface area (Å²) in [6.07, 6.45) is 0. The van der Waals surface area contributed by atoms with Gasteiger partial charge in [0.25, 0.3) is 10.0 Å². The molecule has 1 heterocycles. The molecule has 0 bridgehead atoms. The molecular formula is C13H10N2O4S2. The molecule has 6 nitrogen and oxygen atoms in total. The van der Waals surface area contributed by atoms with E-state index in [9.17, 15) is 13.2 Å². The van der Waals surface area contributed by atoms with Crippen molar-refractivity contribution in [3.05, 3.63) is 45.6 Å². The van der Waals surface area contributed by atoms with Gasteiger partial charge in [-0.1, -0.05) is 0 Å². The van der Waals surface area contributed by atoms with Crippen LogP contribution in [0, 0.1) is 18.3 Å². The fourth-order valence-electron chi connectivity index (χ4n) is 1.69. The van der Waals surface area contributed by atoms with Gasteiger partial charge in [0.05, 0.1) is 22.2 Å². The second-order valence-electron chi connectivity index (χ2n) is 4.16. The molecule has 1 aromatic heterocycles. The fraction of sp³-hybridized carbons (Fsp3) is 0.0769. The van der Waals surface area contributed by atoms with E-state index in [4.69, 9.17) is 10.4 Å². The number of nitrogens with zero attached hydrogens (tertiary/aromatic N) is 1. The first kappa shape index (κ1) is 15.0. The lowest BCUT2D eigenvalue weighted by Gasteiger charge is -2.08. The van der Waals surface area contributed by atoms with Crippen LogP contribution in [0.4, 0.5) is 5.69 Å². The highest BCUT2D eigenvalue weighted by Crippen LogP contribution is 2.25. The van der Waals surface area contributed by atoms with Gasteiger partial charge in [0.2, 0.25) is 0 Å². The number of hydrogen-bond acceptors (Lipinski definition) is 5. The number of carboxylic acids is 1. The molecule has 2 aromatic rings. The zero-order valence-corrected chi connectivity index (χ0v) is 12.5. The third kappa shape index (κ3) is 3.04. The summed E-state index contributed by atoms with van der Waals surface area (Å²) < 4.78 is 26.7. The molecule has 0 amide bonds. The summed E-state index contributed by atoms with van der Waals surface area (Å²) >= 11 is 0.933. The molecule has 1 aromatic carbocycles. The first-order valence-corrected chi connectivity index (χ1v) is 8.06. The van der Waals surface area contributed by atoms with E-state index in [-0.39, 0.29) is 15.5 Å². The molecule has 0 aliphatic rings. The molecule has 2 rings (SSSR count). The molecule has 2 N–H and O–H groups in total.